The molecule has 5 heteroatoms. The molecule has 0 spiro atoms. The summed E-state index contributed by atoms with van der Waals surface area (Å²) in [5.74, 6) is 0.893. The molecule has 0 saturated heterocycles. The van der Waals surface area contributed by atoms with Gasteiger partial charge in [0.05, 0.1) is 20.3 Å². The van der Waals surface area contributed by atoms with Gasteiger partial charge in [0, 0.05) is 18.0 Å². The molecule has 0 aliphatic heterocycles. The van der Waals surface area contributed by atoms with Crippen molar-refractivity contribution in [3.8, 4) is 11.5 Å². The summed E-state index contributed by atoms with van der Waals surface area (Å²) >= 11 is 0. The second kappa shape index (κ2) is 8.57. The fourth-order valence-electron chi connectivity index (χ4n) is 3.04. The van der Waals surface area contributed by atoms with E-state index in [-0.39, 0.29) is 11.9 Å². The standard InChI is InChI=1S/C23H24N2O3/c1-15-7-8-17(12-16(15)2)22(19-6-5-11-24-14-19)25-23(26)18-9-10-20(27-3)21(13-18)28-4/h5-14,22H,1-4H3,(H,25,26). The molecule has 1 amide bonds. The monoisotopic (exact) mass is 376 g/mol. The largest absolute Gasteiger partial charge is 0.493 e. The Morgan fingerprint density at radius 3 is 2.36 bits per heavy atom. The zero-order valence-corrected chi connectivity index (χ0v) is 16.5. The first kappa shape index (κ1) is 19.4. The van der Waals surface area contributed by atoms with Crippen LogP contribution in [0.2, 0.25) is 0 Å². The van der Waals surface area contributed by atoms with Crippen LogP contribution in [0.4, 0.5) is 0 Å². The highest BCUT2D eigenvalue weighted by atomic mass is 16.5. The number of hydrogen-bond acceptors (Lipinski definition) is 4. The molecule has 3 rings (SSSR count). The van der Waals surface area contributed by atoms with Crippen molar-refractivity contribution in [2.75, 3.05) is 14.2 Å². The lowest BCUT2D eigenvalue weighted by atomic mass is 9.96. The fourth-order valence-corrected chi connectivity index (χ4v) is 3.04. The first-order chi connectivity index (χ1) is 13.5. The molecule has 1 heterocycles. The second-order valence-corrected chi connectivity index (χ2v) is 6.61. The predicted octanol–water partition coefficient (Wildman–Crippen LogP) is 4.24. The number of aromatic nitrogens is 1. The van der Waals surface area contributed by atoms with Gasteiger partial charge in [0.15, 0.2) is 11.5 Å². The summed E-state index contributed by atoms with van der Waals surface area (Å²) < 4.78 is 10.6. The van der Waals surface area contributed by atoms with Gasteiger partial charge >= 0.3 is 0 Å². The number of carbonyl (C=O) groups is 1. The number of carbonyl (C=O) groups excluding carboxylic acids is 1. The number of nitrogens with one attached hydrogen (secondary N) is 1. The van der Waals surface area contributed by atoms with Crippen molar-refractivity contribution in [3.63, 3.8) is 0 Å². The van der Waals surface area contributed by atoms with E-state index in [1.165, 1.54) is 11.1 Å². The van der Waals surface area contributed by atoms with Crippen molar-refractivity contribution in [2.45, 2.75) is 19.9 Å². The number of hydrogen-bond donors (Lipinski definition) is 1. The van der Waals surface area contributed by atoms with E-state index < -0.39 is 0 Å². The van der Waals surface area contributed by atoms with E-state index in [9.17, 15) is 4.79 Å². The molecular formula is C23H24N2O3. The number of benzene rings is 2. The molecule has 1 aromatic heterocycles. The molecule has 0 saturated carbocycles. The van der Waals surface area contributed by atoms with Crippen LogP contribution in [-0.4, -0.2) is 25.1 Å². The molecule has 1 unspecified atom stereocenters. The molecule has 3 aromatic rings. The van der Waals surface area contributed by atoms with Crippen LogP contribution in [0.3, 0.4) is 0 Å². The van der Waals surface area contributed by atoms with Crippen LogP contribution in [0.1, 0.15) is 38.7 Å². The molecule has 5 nitrogen and oxygen atoms in total. The van der Waals surface area contributed by atoms with E-state index in [1.54, 1.807) is 44.8 Å². The summed E-state index contributed by atoms with van der Waals surface area (Å²) in [6, 6.07) is 14.8. The average Bonchev–Trinajstić information content (AvgIpc) is 2.74. The summed E-state index contributed by atoms with van der Waals surface area (Å²) in [7, 11) is 3.11. The maximum atomic E-state index is 13.0. The Kier molecular flexibility index (Phi) is 5.94. The number of methoxy groups -OCH3 is 2. The summed E-state index contributed by atoms with van der Waals surface area (Å²) in [5.41, 5.74) is 4.80. The number of aryl methyl sites for hydroxylation is 2. The van der Waals surface area contributed by atoms with Crippen LogP contribution >= 0.6 is 0 Å². The van der Waals surface area contributed by atoms with Gasteiger partial charge in [-0.2, -0.15) is 0 Å². The molecule has 0 bridgehead atoms. The van der Waals surface area contributed by atoms with E-state index in [0.717, 1.165) is 11.1 Å². The maximum Gasteiger partial charge on any atom is 0.252 e. The van der Waals surface area contributed by atoms with Gasteiger partial charge in [0.2, 0.25) is 0 Å². The molecule has 0 radical (unpaired) electrons. The number of ether oxygens (including phenoxy) is 2. The topological polar surface area (TPSA) is 60.5 Å². The summed E-state index contributed by atoms with van der Waals surface area (Å²) in [6.07, 6.45) is 3.49. The minimum atomic E-state index is -0.311. The number of amides is 1. The zero-order valence-electron chi connectivity index (χ0n) is 16.5. The Bertz CT molecular complexity index is 971. The molecule has 144 valence electrons. The van der Waals surface area contributed by atoms with E-state index in [1.807, 2.05) is 18.2 Å². The minimum Gasteiger partial charge on any atom is -0.493 e. The van der Waals surface area contributed by atoms with Gasteiger partial charge in [-0.25, -0.2) is 0 Å². The SMILES string of the molecule is COc1ccc(C(=O)NC(c2cccnc2)c2ccc(C)c(C)c2)cc1OC. The van der Waals surface area contributed by atoms with Gasteiger partial charge in [-0.05, 0) is 60.4 Å². The van der Waals surface area contributed by atoms with Gasteiger partial charge in [0.1, 0.15) is 0 Å². The second-order valence-electron chi connectivity index (χ2n) is 6.61. The third kappa shape index (κ3) is 4.14. The van der Waals surface area contributed by atoms with Crippen molar-refractivity contribution in [2.24, 2.45) is 0 Å². The Morgan fingerprint density at radius 1 is 0.929 bits per heavy atom. The van der Waals surface area contributed by atoms with Crippen molar-refractivity contribution in [1.29, 1.82) is 0 Å². The highest BCUT2D eigenvalue weighted by molar-refractivity contribution is 5.95. The minimum absolute atomic E-state index is 0.201. The third-order valence-corrected chi connectivity index (χ3v) is 4.80. The van der Waals surface area contributed by atoms with E-state index in [2.05, 4.69) is 36.3 Å². The first-order valence-corrected chi connectivity index (χ1v) is 9.03. The first-order valence-electron chi connectivity index (χ1n) is 9.03. The third-order valence-electron chi connectivity index (χ3n) is 4.80. The van der Waals surface area contributed by atoms with Crippen molar-refractivity contribution in [3.05, 3.63) is 88.7 Å². The van der Waals surface area contributed by atoms with Crippen LogP contribution in [-0.2, 0) is 0 Å². The molecule has 2 aromatic carbocycles. The summed E-state index contributed by atoms with van der Waals surface area (Å²) in [6.45, 7) is 4.13. The Hall–Kier alpha value is -3.34. The highest BCUT2D eigenvalue weighted by Crippen LogP contribution is 2.29. The molecule has 1 atom stereocenters. The van der Waals surface area contributed by atoms with Crippen LogP contribution in [0.15, 0.2) is 60.9 Å². The molecule has 1 N–H and O–H groups in total. The van der Waals surface area contributed by atoms with Gasteiger partial charge in [-0.3, -0.25) is 9.78 Å². The van der Waals surface area contributed by atoms with E-state index in [0.29, 0.717) is 17.1 Å². The van der Waals surface area contributed by atoms with Gasteiger partial charge < -0.3 is 14.8 Å². The van der Waals surface area contributed by atoms with Crippen LogP contribution in [0.5, 0.6) is 11.5 Å². The van der Waals surface area contributed by atoms with Crippen molar-refractivity contribution in [1.82, 2.24) is 10.3 Å². The normalized spacial score (nSPS) is 11.6. The van der Waals surface area contributed by atoms with Crippen molar-refractivity contribution >= 4 is 5.91 Å². The lowest BCUT2D eigenvalue weighted by Crippen LogP contribution is -2.29. The molecule has 0 fully saturated rings. The molecular weight excluding hydrogens is 352 g/mol. The maximum absolute atomic E-state index is 13.0. The molecule has 0 aliphatic rings. The lowest BCUT2D eigenvalue weighted by Gasteiger charge is -2.21. The summed E-state index contributed by atoms with van der Waals surface area (Å²) in [5, 5.41) is 3.13. The zero-order chi connectivity index (χ0) is 20.1. The highest BCUT2D eigenvalue weighted by Gasteiger charge is 2.19. The van der Waals surface area contributed by atoms with E-state index in [4.69, 9.17) is 9.47 Å². The quantitative estimate of drug-likeness (QED) is 0.699. The van der Waals surface area contributed by atoms with E-state index >= 15 is 0 Å². The number of nitrogens with zero attached hydrogens (tertiary/aromatic N) is 1. The van der Waals surface area contributed by atoms with Gasteiger partial charge in [0.25, 0.3) is 5.91 Å². The average molecular weight is 376 g/mol. The van der Waals surface area contributed by atoms with Gasteiger partial charge in [-0.15, -0.1) is 0 Å². The molecule has 28 heavy (non-hydrogen) atoms. The van der Waals surface area contributed by atoms with Gasteiger partial charge in [-0.1, -0.05) is 24.3 Å². The number of pyridine rings is 1. The predicted molar refractivity (Wildman–Crippen MR) is 109 cm³/mol. The van der Waals surface area contributed by atoms with Crippen molar-refractivity contribution < 1.29 is 14.3 Å². The summed E-state index contributed by atoms with van der Waals surface area (Å²) in [4.78, 5) is 17.2. The molecule has 0 aliphatic carbocycles. The Balaban J connectivity index is 1.95. The Morgan fingerprint density at radius 2 is 1.71 bits per heavy atom. The van der Waals surface area contributed by atoms with Crippen LogP contribution < -0.4 is 14.8 Å². The van der Waals surface area contributed by atoms with Crippen LogP contribution in [0, 0.1) is 13.8 Å². The smallest absolute Gasteiger partial charge is 0.252 e. The number of rotatable bonds is 6. The lowest BCUT2D eigenvalue weighted by molar-refractivity contribution is 0.0942. The fraction of sp³-hybridized carbons (Fsp3) is 0.217. The van der Waals surface area contributed by atoms with Crippen LogP contribution in [0.25, 0.3) is 0 Å². The Labute approximate surface area is 165 Å².